The summed E-state index contributed by atoms with van der Waals surface area (Å²) in [4.78, 5) is 17.3. The summed E-state index contributed by atoms with van der Waals surface area (Å²) in [5.41, 5.74) is -0.539. The van der Waals surface area contributed by atoms with Crippen LogP contribution in [-0.4, -0.2) is 28.3 Å². The molecule has 0 aliphatic rings. The second-order valence-corrected chi connectivity index (χ2v) is 6.73. The van der Waals surface area contributed by atoms with Crippen LogP contribution in [0.4, 0.5) is 0 Å². The molecule has 0 amide bonds. The highest BCUT2D eigenvalue weighted by Crippen LogP contribution is 2.32. The number of methoxy groups -OCH3 is 1. The Morgan fingerprint density at radius 2 is 1.52 bits per heavy atom. The van der Waals surface area contributed by atoms with Gasteiger partial charge < -0.3 is 19.1 Å². The lowest BCUT2D eigenvalue weighted by molar-refractivity contribution is -0.164. The van der Waals surface area contributed by atoms with E-state index >= 15 is 0 Å². The number of hydrogen-bond donors (Lipinski definition) is 1. The van der Waals surface area contributed by atoms with Gasteiger partial charge in [-0.1, -0.05) is 78.0 Å². The summed E-state index contributed by atoms with van der Waals surface area (Å²) in [6, 6.07) is 24.5. The number of hydrogen-bond acceptors (Lipinski definition) is 7. The maximum atomic E-state index is 13.0. The molecular weight excluding hydrogens is 396 g/mol. The fourth-order valence-electron chi connectivity index (χ4n) is 3.25. The lowest BCUT2D eigenvalue weighted by Gasteiger charge is -2.26. The minimum absolute atomic E-state index is 0.0951. The summed E-state index contributed by atoms with van der Waals surface area (Å²) in [6.07, 6.45) is 0. The highest BCUT2D eigenvalue weighted by Gasteiger charge is 2.41. The quantitative estimate of drug-likeness (QED) is 0.459. The molecule has 0 unspecified atom stereocenters. The van der Waals surface area contributed by atoms with Crippen molar-refractivity contribution in [2.45, 2.75) is 12.2 Å². The van der Waals surface area contributed by atoms with Crippen LogP contribution in [0.3, 0.4) is 0 Å². The second kappa shape index (κ2) is 8.81. The zero-order valence-electron chi connectivity index (χ0n) is 16.8. The van der Waals surface area contributed by atoms with Crippen LogP contribution in [0.2, 0.25) is 0 Å². The fourth-order valence-corrected chi connectivity index (χ4v) is 3.25. The molecule has 4 rings (SSSR count). The van der Waals surface area contributed by atoms with E-state index in [0.717, 1.165) is 0 Å². The van der Waals surface area contributed by atoms with E-state index in [0.29, 0.717) is 28.3 Å². The monoisotopic (exact) mass is 416 g/mol. The SMILES string of the molecule is COc1ccccc1-c1noc(COC(=O)C(O)(c2ccccc2)c2ccccc2)n1. The normalized spacial score (nSPS) is 11.2. The number of benzene rings is 3. The molecule has 1 N–H and O–H groups in total. The largest absolute Gasteiger partial charge is 0.496 e. The molecule has 0 radical (unpaired) electrons. The maximum absolute atomic E-state index is 13.0. The second-order valence-electron chi connectivity index (χ2n) is 6.73. The van der Waals surface area contributed by atoms with Crippen molar-refractivity contribution in [2.75, 3.05) is 7.11 Å². The van der Waals surface area contributed by atoms with Gasteiger partial charge in [0.05, 0.1) is 12.7 Å². The molecule has 7 nitrogen and oxygen atoms in total. The first-order valence-electron chi connectivity index (χ1n) is 9.59. The summed E-state index contributed by atoms with van der Waals surface area (Å²) in [6.45, 7) is -0.289. The van der Waals surface area contributed by atoms with Crippen LogP contribution in [0.1, 0.15) is 17.0 Å². The minimum Gasteiger partial charge on any atom is -0.496 e. The molecule has 3 aromatic carbocycles. The van der Waals surface area contributed by atoms with Crippen molar-refractivity contribution < 1.29 is 23.9 Å². The summed E-state index contributed by atoms with van der Waals surface area (Å²) in [5.74, 6) is 0.152. The zero-order chi connectivity index (χ0) is 21.7. The van der Waals surface area contributed by atoms with Gasteiger partial charge in [0.2, 0.25) is 11.4 Å². The van der Waals surface area contributed by atoms with E-state index in [9.17, 15) is 9.90 Å². The van der Waals surface area contributed by atoms with Gasteiger partial charge in [0, 0.05) is 0 Å². The van der Waals surface area contributed by atoms with Gasteiger partial charge in [-0.15, -0.1) is 0 Å². The molecule has 0 bridgehead atoms. The van der Waals surface area contributed by atoms with Crippen LogP contribution in [-0.2, 0) is 21.7 Å². The Morgan fingerprint density at radius 3 is 2.13 bits per heavy atom. The third kappa shape index (κ3) is 4.04. The summed E-state index contributed by atoms with van der Waals surface area (Å²) >= 11 is 0. The summed E-state index contributed by atoms with van der Waals surface area (Å²) < 4.78 is 15.9. The van der Waals surface area contributed by atoms with Crippen molar-refractivity contribution in [2.24, 2.45) is 0 Å². The number of carbonyl (C=O) groups is 1. The highest BCUT2D eigenvalue weighted by atomic mass is 16.6. The Morgan fingerprint density at radius 1 is 0.935 bits per heavy atom. The molecule has 4 aromatic rings. The topological polar surface area (TPSA) is 94.7 Å². The van der Waals surface area contributed by atoms with Crippen molar-refractivity contribution >= 4 is 5.97 Å². The third-order valence-electron chi connectivity index (χ3n) is 4.82. The smallest absolute Gasteiger partial charge is 0.348 e. The van der Waals surface area contributed by atoms with E-state index in [1.165, 1.54) is 0 Å². The molecule has 156 valence electrons. The van der Waals surface area contributed by atoms with E-state index in [1.807, 2.05) is 12.1 Å². The maximum Gasteiger partial charge on any atom is 0.348 e. The lowest BCUT2D eigenvalue weighted by Crippen LogP contribution is -2.38. The first-order valence-corrected chi connectivity index (χ1v) is 9.59. The van der Waals surface area contributed by atoms with Gasteiger partial charge in [0.15, 0.2) is 6.61 Å². The average molecular weight is 416 g/mol. The van der Waals surface area contributed by atoms with Crippen molar-refractivity contribution in [3.63, 3.8) is 0 Å². The summed E-state index contributed by atoms with van der Waals surface area (Å²) in [7, 11) is 1.55. The van der Waals surface area contributed by atoms with E-state index in [2.05, 4.69) is 10.1 Å². The number of para-hydroxylation sites is 1. The Bertz CT molecular complexity index is 1120. The first kappa shape index (κ1) is 20.3. The van der Waals surface area contributed by atoms with Crippen LogP contribution in [0.5, 0.6) is 5.75 Å². The highest BCUT2D eigenvalue weighted by molar-refractivity contribution is 5.85. The van der Waals surface area contributed by atoms with Crippen molar-refractivity contribution in [1.82, 2.24) is 10.1 Å². The van der Waals surface area contributed by atoms with Gasteiger partial charge in [0.25, 0.3) is 5.89 Å². The van der Waals surface area contributed by atoms with Gasteiger partial charge in [-0.3, -0.25) is 0 Å². The van der Waals surface area contributed by atoms with Gasteiger partial charge in [-0.2, -0.15) is 4.98 Å². The van der Waals surface area contributed by atoms with Gasteiger partial charge in [0.1, 0.15) is 5.75 Å². The standard InChI is InChI=1S/C24H20N2O5/c1-29-20-15-9-8-14-19(20)22-25-21(31-26-22)16-30-23(27)24(28,17-10-4-2-5-11-17)18-12-6-3-7-13-18/h2-15,28H,16H2,1H3. The molecular formula is C24H20N2O5. The molecule has 0 spiro atoms. The van der Waals surface area contributed by atoms with Crippen LogP contribution >= 0.6 is 0 Å². The van der Waals surface area contributed by atoms with Crippen molar-refractivity contribution in [3.05, 3.63) is 102 Å². The van der Waals surface area contributed by atoms with E-state index in [1.54, 1.807) is 79.9 Å². The molecule has 7 heteroatoms. The molecule has 1 aromatic heterocycles. The summed E-state index contributed by atoms with van der Waals surface area (Å²) in [5, 5.41) is 15.3. The number of rotatable bonds is 7. The van der Waals surface area contributed by atoms with Crippen molar-refractivity contribution in [3.8, 4) is 17.1 Å². The van der Waals surface area contributed by atoms with Gasteiger partial charge in [-0.25, -0.2) is 4.79 Å². The Labute approximate surface area is 178 Å². The van der Waals surface area contributed by atoms with Crippen molar-refractivity contribution in [1.29, 1.82) is 0 Å². The number of esters is 1. The molecule has 0 aliphatic heterocycles. The van der Waals surface area contributed by atoms with E-state index in [-0.39, 0.29) is 12.5 Å². The number of ether oxygens (including phenoxy) is 2. The Hall–Kier alpha value is -3.97. The zero-order valence-corrected chi connectivity index (χ0v) is 16.8. The molecule has 31 heavy (non-hydrogen) atoms. The molecule has 0 atom stereocenters. The number of aliphatic hydroxyl groups is 1. The molecule has 0 aliphatic carbocycles. The Kier molecular flexibility index (Phi) is 5.77. The predicted molar refractivity (Wildman–Crippen MR) is 112 cm³/mol. The fraction of sp³-hybridized carbons (Fsp3) is 0.125. The van der Waals surface area contributed by atoms with E-state index in [4.69, 9.17) is 14.0 Å². The average Bonchev–Trinajstić information content (AvgIpc) is 3.32. The number of nitrogens with zero attached hydrogens (tertiary/aromatic N) is 2. The molecule has 0 fully saturated rings. The van der Waals surface area contributed by atoms with Crippen LogP contribution < -0.4 is 4.74 Å². The predicted octanol–water partition coefficient (Wildman–Crippen LogP) is 3.72. The Balaban J connectivity index is 1.56. The number of carbonyl (C=O) groups excluding carboxylic acids is 1. The van der Waals surface area contributed by atoms with Crippen LogP contribution in [0.25, 0.3) is 11.4 Å². The van der Waals surface area contributed by atoms with Gasteiger partial charge >= 0.3 is 5.97 Å². The van der Waals surface area contributed by atoms with Crippen LogP contribution in [0.15, 0.2) is 89.5 Å². The first-order chi connectivity index (χ1) is 15.1. The van der Waals surface area contributed by atoms with Gasteiger partial charge in [-0.05, 0) is 23.3 Å². The minimum atomic E-state index is -1.98. The van der Waals surface area contributed by atoms with E-state index < -0.39 is 11.6 Å². The number of aromatic nitrogens is 2. The molecule has 0 saturated carbocycles. The van der Waals surface area contributed by atoms with Crippen LogP contribution in [0, 0.1) is 0 Å². The molecule has 1 heterocycles. The third-order valence-corrected chi connectivity index (χ3v) is 4.82. The lowest BCUT2D eigenvalue weighted by atomic mass is 9.86. The molecule has 0 saturated heterocycles.